The maximum absolute atomic E-state index is 12.6. The van der Waals surface area contributed by atoms with Crippen molar-refractivity contribution >= 4 is 16.9 Å². The van der Waals surface area contributed by atoms with Crippen LogP contribution in [0.15, 0.2) is 74.8 Å². The summed E-state index contributed by atoms with van der Waals surface area (Å²) >= 11 is 0. The van der Waals surface area contributed by atoms with Crippen molar-refractivity contribution in [3.05, 3.63) is 98.3 Å². The van der Waals surface area contributed by atoms with E-state index in [4.69, 9.17) is 13.9 Å². The van der Waals surface area contributed by atoms with Crippen molar-refractivity contribution in [3.8, 4) is 17.2 Å². The van der Waals surface area contributed by atoms with Gasteiger partial charge >= 0.3 is 5.63 Å². The molecule has 0 radical (unpaired) electrons. The van der Waals surface area contributed by atoms with E-state index in [0.29, 0.717) is 35.6 Å². The highest BCUT2D eigenvalue weighted by molar-refractivity contribution is 5.96. The number of benzene rings is 2. The van der Waals surface area contributed by atoms with Crippen LogP contribution in [0.1, 0.15) is 21.6 Å². The van der Waals surface area contributed by atoms with Crippen molar-refractivity contribution in [2.24, 2.45) is 0 Å². The summed E-state index contributed by atoms with van der Waals surface area (Å²) < 4.78 is 17.9. The fourth-order valence-electron chi connectivity index (χ4n) is 3.52. The summed E-state index contributed by atoms with van der Waals surface area (Å²) in [5.41, 5.74) is 0.293. The fourth-order valence-corrected chi connectivity index (χ4v) is 3.52. The first kappa shape index (κ1) is 23.6. The summed E-state index contributed by atoms with van der Waals surface area (Å²) in [6.45, 7) is 2.41. The molecule has 0 saturated heterocycles. The molecule has 35 heavy (non-hydrogen) atoms. The van der Waals surface area contributed by atoms with Gasteiger partial charge in [0.2, 0.25) is 5.43 Å². The topological polar surface area (TPSA) is 120 Å². The van der Waals surface area contributed by atoms with E-state index in [2.05, 4.69) is 5.32 Å². The van der Waals surface area contributed by atoms with E-state index < -0.39 is 17.0 Å². The standard InChI is InChI=1S/C26H24N2O7/c1-16-24(30)22(29)9-11-28(16)12-10-27-25(31)21-13-18-5-8-20(14-23(18)35-26(21)32)34-15-17-3-6-19(33-2)7-4-17/h3-9,11,13-14,30H,10,12,15H2,1-2H3,(H,27,31). The number of aromatic nitrogens is 1. The van der Waals surface area contributed by atoms with Crippen LogP contribution in [0, 0.1) is 6.92 Å². The number of amides is 1. The molecule has 0 spiro atoms. The maximum atomic E-state index is 12.6. The molecule has 2 N–H and O–H groups in total. The number of nitrogens with one attached hydrogen (secondary N) is 1. The Morgan fingerprint density at radius 2 is 1.80 bits per heavy atom. The Bertz CT molecular complexity index is 1490. The molecule has 0 atom stereocenters. The second-order valence-corrected chi connectivity index (χ2v) is 7.85. The Hall–Kier alpha value is -4.53. The van der Waals surface area contributed by atoms with Crippen molar-refractivity contribution in [2.75, 3.05) is 13.7 Å². The number of carbonyl (C=O) groups is 1. The average molecular weight is 476 g/mol. The van der Waals surface area contributed by atoms with E-state index in [-0.39, 0.29) is 17.9 Å². The van der Waals surface area contributed by atoms with Crippen LogP contribution in [0.3, 0.4) is 0 Å². The average Bonchev–Trinajstić information content (AvgIpc) is 2.87. The Balaban J connectivity index is 1.41. The molecule has 2 heterocycles. The number of fused-ring (bicyclic) bond motifs is 1. The molecule has 2 aromatic heterocycles. The molecule has 0 aliphatic carbocycles. The van der Waals surface area contributed by atoms with E-state index >= 15 is 0 Å². The lowest BCUT2D eigenvalue weighted by molar-refractivity contribution is 0.0948. The van der Waals surface area contributed by atoms with Gasteiger partial charge in [0.1, 0.15) is 29.3 Å². The molecule has 0 fully saturated rings. The zero-order chi connectivity index (χ0) is 24.9. The summed E-state index contributed by atoms with van der Waals surface area (Å²) in [6.07, 6.45) is 1.53. The molecule has 0 unspecified atom stereocenters. The Labute approximate surface area is 200 Å². The van der Waals surface area contributed by atoms with Crippen LogP contribution in [-0.4, -0.2) is 29.2 Å². The minimum absolute atomic E-state index is 0.121. The highest BCUT2D eigenvalue weighted by atomic mass is 16.5. The lowest BCUT2D eigenvalue weighted by Crippen LogP contribution is -2.31. The van der Waals surface area contributed by atoms with Crippen molar-refractivity contribution in [2.45, 2.75) is 20.1 Å². The fraction of sp³-hybridized carbons (Fsp3) is 0.192. The van der Waals surface area contributed by atoms with E-state index in [1.807, 2.05) is 24.3 Å². The molecule has 4 rings (SSSR count). The molecule has 0 bridgehead atoms. The number of pyridine rings is 1. The maximum Gasteiger partial charge on any atom is 0.349 e. The molecule has 9 nitrogen and oxygen atoms in total. The number of nitrogens with zero attached hydrogens (tertiary/aromatic N) is 1. The van der Waals surface area contributed by atoms with Crippen LogP contribution in [0.4, 0.5) is 0 Å². The molecule has 4 aromatic rings. The molecule has 9 heteroatoms. The molecule has 0 aliphatic heterocycles. The van der Waals surface area contributed by atoms with Gasteiger partial charge in [-0.3, -0.25) is 9.59 Å². The van der Waals surface area contributed by atoms with Crippen molar-refractivity contribution in [1.29, 1.82) is 0 Å². The van der Waals surface area contributed by atoms with E-state index in [0.717, 1.165) is 11.3 Å². The van der Waals surface area contributed by atoms with Crippen molar-refractivity contribution in [3.63, 3.8) is 0 Å². The van der Waals surface area contributed by atoms with Gasteiger partial charge in [-0.2, -0.15) is 0 Å². The van der Waals surface area contributed by atoms with Gasteiger partial charge in [-0.05, 0) is 42.8 Å². The summed E-state index contributed by atoms with van der Waals surface area (Å²) in [5.74, 6) is 0.366. The molecule has 0 aliphatic rings. The Morgan fingerprint density at radius 1 is 1.06 bits per heavy atom. The van der Waals surface area contributed by atoms with Crippen LogP contribution in [0.5, 0.6) is 17.2 Å². The van der Waals surface area contributed by atoms with Gasteiger partial charge in [-0.1, -0.05) is 12.1 Å². The summed E-state index contributed by atoms with van der Waals surface area (Å²) in [7, 11) is 1.60. The lowest BCUT2D eigenvalue weighted by atomic mass is 10.1. The number of methoxy groups -OCH3 is 1. The SMILES string of the molecule is COc1ccc(COc2ccc3cc(C(=O)NCCn4ccc(=O)c(O)c4C)c(=O)oc3c2)cc1. The zero-order valence-corrected chi connectivity index (χ0v) is 19.2. The first-order valence-electron chi connectivity index (χ1n) is 10.9. The number of aromatic hydroxyl groups is 1. The Morgan fingerprint density at radius 3 is 2.54 bits per heavy atom. The summed E-state index contributed by atoms with van der Waals surface area (Å²) in [6, 6.07) is 15.3. The summed E-state index contributed by atoms with van der Waals surface area (Å²) in [4.78, 5) is 36.5. The van der Waals surface area contributed by atoms with Gasteiger partial charge in [0.25, 0.3) is 5.91 Å². The van der Waals surface area contributed by atoms with Gasteiger partial charge in [-0.15, -0.1) is 0 Å². The molecule has 1 amide bonds. The molecule has 180 valence electrons. The third kappa shape index (κ3) is 5.35. The first-order chi connectivity index (χ1) is 16.9. The van der Waals surface area contributed by atoms with E-state index in [9.17, 15) is 19.5 Å². The lowest BCUT2D eigenvalue weighted by Gasteiger charge is -2.12. The highest BCUT2D eigenvalue weighted by Gasteiger charge is 2.14. The quantitative estimate of drug-likeness (QED) is 0.375. The third-order valence-corrected chi connectivity index (χ3v) is 5.57. The van der Waals surface area contributed by atoms with Gasteiger partial charge in [0, 0.05) is 36.8 Å². The molecule has 0 saturated carbocycles. The highest BCUT2D eigenvalue weighted by Crippen LogP contribution is 2.22. The van der Waals surface area contributed by atoms with Crippen molar-refractivity contribution in [1.82, 2.24) is 9.88 Å². The minimum Gasteiger partial charge on any atom is -0.503 e. The van der Waals surface area contributed by atoms with E-state index in [1.54, 1.807) is 36.8 Å². The number of hydrogen-bond donors (Lipinski definition) is 2. The van der Waals surface area contributed by atoms with Crippen molar-refractivity contribution < 1.29 is 23.8 Å². The predicted octanol–water partition coefficient (Wildman–Crippen LogP) is 2.99. The van der Waals surface area contributed by atoms with Crippen LogP contribution in [0.2, 0.25) is 0 Å². The summed E-state index contributed by atoms with van der Waals surface area (Å²) in [5, 5.41) is 13.0. The normalized spacial score (nSPS) is 10.8. The molecule has 2 aromatic carbocycles. The van der Waals surface area contributed by atoms with Gasteiger partial charge in [-0.25, -0.2) is 4.79 Å². The first-order valence-corrected chi connectivity index (χ1v) is 10.9. The van der Waals surface area contributed by atoms with Gasteiger partial charge in [0.15, 0.2) is 5.75 Å². The van der Waals surface area contributed by atoms with Crippen LogP contribution in [0.25, 0.3) is 11.0 Å². The minimum atomic E-state index is -0.764. The number of hydrogen-bond acceptors (Lipinski definition) is 7. The number of rotatable bonds is 8. The van der Waals surface area contributed by atoms with E-state index in [1.165, 1.54) is 18.3 Å². The smallest absolute Gasteiger partial charge is 0.349 e. The third-order valence-electron chi connectivity index (χ3n) is 5.57. The van der Waals surface area contributed by atoms with Crippen LogP contribution >= 0.6 is 0 Å². The second kappa shape index (κ2) is 10.2. The Kier molecular flexibility index (Phi) is 6.86. The molecular formula is C26H24N2O7. The zero-order valence-electron chi connectivity index (χ0n) is 19.2. The molecular weight excluding hydrogens is 452 g/mol. The van der Waals surface area contributed by atoms with Crippen LogP contribution < -0.4 is 25.8 Å². The van der Waals surface area contributed by atoms with Crippen LogP contribution in [-0.2, 0) is 13.2 Å². The number of ether oxygens (including phenoxy) is 2. The largest absolute Gasteiger partial charge is 0.503 e. The monoisotopic (exact) mass is 476 g/mol. The van der Waals surface area contributed by atoms with Gasteiger partial charge in [0.05, 0.1) is 12.8 Å². The number of carbonyl (C=O) groups excluding carboxylic acids is 1. The predicted molar refractivity (Wildman–Crippen MR) is 129 cm³/mol. The van der Waals surface area contributed by atoms with Gasteiger partial charge < -0.3 is 28.9 Å². The second-order valence-electron chi connectivity index (χ2n) is 7.85.